The largest absolute Gasteiger partial charge is 0.481 e. The van der Waals surface area contributed by atoms with Gasteiger partial charge in [0.25, 0.3) is 0 Å². The van der Waals surface area contributed by atoms with Crippen molar-refractivity contribution in [3.05, 3.63) is 29.6 Å². The van der Waals surface area contributed by atoms with E-state index in [0.717, 1.165) is 4.31 Å². The molecule has 1 aliphatic rings. The van der Waals surface area contributed by atoms with Gasteiger partial charge in [0.2, 0.25) is 10.0 Å². The third-order valence-electron chi connectivity index (χ3n) is 3.99. The minimum absolute atomic E-state index is 0.209. The van der Waals surface area contributed by atoms with Gasteiger partial charge in [-0.2, -0.15) is 4.31 Å². The molecule has 1 aliphatic heterocycles. The molecule has 1 heterocycles. The number of piperidine rings is 1. The lowest BCUT2D eigenvalue weighted by molar-refractivity contribution is -0.144. The van der Waals surface area contributed by atoms with Crippen LogP contribution in [0.5, 0.6) is 0 Å². The molecule has 2 atom stereocenters. The van der Waals surface area contributed by atoms with Crippen molar-refractivity contribution in [2.45, 2.75) is 37.6 Å². The van der Waals surface area contributed by atoms with Crippen molar-refractivity contribution < 1.29 is 22.7 Å². The van der Waals surface area contributed by atoms with Gasteiger partial charge in [-0.05, 0) is 38.3 Å². The van der Waals surface area contributed by atoms with Gasteiger partial charge in [0.05, 0.1) is 5.92 Å². The van der Waals surface area contributed by atoms with Crippen LogP contribution in [-0.4, -0.2) is 36.4 Å². The first-order valence-corrected chi connectivity index (χ1v) is 8.20. The molecular weight excluding hydrogens is 297 g/mol. The minimum atomic E-state index is -4.04. The summed E-state index contributed by atoms with van der Waals surface area (Å²) < 4.78 is 40.5. The fraction of sp³-hybridized carbons (Fsp3) is 0.500. The molecule has 0 spiro atoms. The SMILES string of the molecule is Cc1cccc(S(=O)(=O)N2CCC[C@@H](C(=O)O)[C@H]2C)c1F. The fourth-order valence-electron chi connectivity index (χ4n) is 2.73. The summed E-state index contributed by atoms with van der Waals surface area (Å²) in [5.41, 5.74) is 0.246. The molecule has 0 aromatic heterocycles. The fourth-order valence-corrected chi connectivity index (χ4v) is 4.57. The Morgan fingerprint density at radius 2 is 2.10 bits per heavy atom. The molecule has 0 saturated carbocycles. The predicted octanol–water partition coefficient (Wildman–Crippen LogP) is 2.01. The number of sulfonamides is 1. The number of benzene rings is 1. The summed E-state index contributed by atoms with van der Waals surface area (Å²) in [6.07, 6.45) is 0.882. The molecule has 0 aliphatic carbocycles. The Morgan fingerprint density at radius 3 is 2.71 bits per heavy atom. The Hall–Kier alpha value is -1.47. The molecule has 1 aromatic carbocycles. The van der Waals surface area contributed by atoms with Crippen molar-refractivity contribution in [2.75, 3.05) is 6.54 Å². The monoisotopic (exact) mass is 315 g/mol. The third-order valence-corrected chi connectivity index (χ3v) is 5.99. The van der Waals surface area contributed by atoms with Gasteiger partial charge in [-0.15, -0.1) is 0 Å². The first-order valence-electron chi connectivity index (χ1n) is 6.76. The average molecular weight is 315 g/mol. The van der Waals surface area contributed by atoms with E-state index in [9.17, 15) is 17.6 Å². The number of aryl methyl sites for hydroxylation is 1. The lowest BCUT2D eigenvalue weighted by Crippen LogP contribution is -2.49. The number of carboxylic acids is 1. The molecule has 1 saturated heterocycles. The second-order valence-electron chi connectivity index (χ2n) is 5.33. The quantitative estimate of drug-likeness (QED) is 0.926. The van der Waals surface area contributed by atoms with Crippen LogP contribution in [0.3, 0.4) is 0 Å². The van der Waals surface area contributed by atoms with Gasteiger partial charge in [0.15, 0.2) is 0 Å². The summed E-state index contributed by atoms with van der Waals surface area (Å²) in [4.78, 5) is 10.8. The van der Waals surface area contributed by atoms with Gasteiger partial charge in [-0.1, -0.05) is 12.1 Å². The second kappa shape index (κ2) is 5.73. The molecule has 116 valence electrons. The number of halogens is 1. The molecule has 7 heteroatoms. The van der Waals surface area contributed by atoms with Gasteiger partial charge >= 0.3 is 5.97 Å². The molecule has 1 N–H and O–H groups in total. The van der Waals surface area contributed by atoms with E-state index in [2.05, 4.69) is 0 Å². The minimum Gasteiger partial charge on any atom is -0.481 e. The molecule has 1 aromatic rings. The van der Waals surface area contributed by atoms with E-state index < -0.39 is 33.8 Å². The average Bonchev–Trinajstić information content (AvgIpc) is 2.41. The molecule has 0 radical (unpaired) electrons. The van der Waals surface area contributed by atoms with Crippen molar-refractivity contribution in [2.24, 2.45) is 5.92 Å². The van der Waals surface area contributed by atoms with Crippen LogP contribution in [-0.2, 0) is 14.8 Å². The Morgan fingerprint density at radius 1 is 1.43 bits per heavy atom. The highest BCUT2D eigenvalue weighted by molar-refractivity contribution is 7.89. The predicted molar refractivity (Wildman–Crippen MR) is 74.9 cm³/mol. The lowest BCUT2D eigenvalue weighted by Gasteiger charge is -2.36. The van der Waals surface area contributed by atoms with E-state index in [1.807, 2.05) is 0 Å². The number of hydrogen-bond acceptors (Lipinski definition) is 3. The Balaban J connectivity index is 2.43. The standard InChI is InChI=1S/C14H18FNO4S/c1-9-5-3-7-12(13(9)15)21(19,20)16-8-4-6-11(10(16)2)14(17)18/h3,5,7,10-11H,4,6,8H2,1-2H3,(H,17,18)/t10-,11-/m1/s1. The first kappa shape index (κ1) is 15.9. The summed E-state index contributed by atoms with van der Waals surface area (Å²) in [6, 6.07) is 3.50. The second-order valence-corrected chi connectivity index (χ2v) is 7.19. The van der Waals surface area contributed by atoms with Crippen molar-refractivity contribution in [3.63, 3.8) is 0 Å². The zero-order chi connectivity index (χ0) is 15.8. The van der Waals surface area contributed by atoms with Crippen LogP contribution in [0.1, 0.15) is 25.3 Å². The molecule has 0 amide bonds. The highest BCUT2D eigenvalue weighted by atomic mass is 32.2. The van der Waals surface area contributed by atoms with E-state index in [-0.39, 0.29) is 17.0 Å². The van der Waals surface area contributed by atoms with Crippen LogP contribution in [0.4, 0.5) is 4.39 Å². The molecule has 0 bridgehead atoms. The summed E-state index contributed by atoms with van der Waals surface area (Å²) in [5, 5.41) is 9.17. The van der Waals surface area contributed by atoms with E-state index >= 15 is 0 Å². The first-order chi connectivity index (χ1) is 9.76. The number of carbonyl (C=O) groups is 1. The lowest BCUT2D eigenvalue weighted by atomic mass is 9.92. The van der Waals surface area contributed by atoms with Crippen LogP contribution in [0.25, 0.3) is 0 Å². The van der Waals surface area contributed by atoms with E-state index in [1.165, 1.54) is 25.1 Å². The summed E-state index contributed by atoms with van der Waals surface area (Å²) in [5.74, 6) is -2.56. The zero-order valence-corrected chi connectivity index (χ0v) is 12.7. The van der Waals surface area contributed by atoms with Crippen molar-refractivity contribution in [1.82, 2.24) is 4.31 Å². The summed E-state index contributed by atoms with van der Waals surface area (Å²) in [7, 11) is -4.04. The maximum atomic E-state index is 14.1. The normalized spacial score (nSPS) is 24.0. The Bertz CT molecular complexity index is 659. The smallest absolute Gasteiger partial charge is 0.308 e. The number of carboxylic acid groups (broad SMARTS) is 1. The molecule has 2 rings (SSSR count). The van der Waals surface area contributed by atoms with Gasteiger partial charge in [0.1, 0.15) is 10.7 Å². The molecule has 5 nitrogen and oxygen atoms in total. The maximum Gasteiger partial charge on any atom is 0.308 e. The number of rotatable bonds is 3. The van der Waals surface area contributed by atoms with Crippen molar-refractivity contribution >= 4 is 16.0 Å². The van der Waals surface area contributed by atoms with Gasteiger partial charge in [0, 0.05) is 12.6 Å². The van der Waals surface area contributed by atoms with E-state index in [1.54, 1.807) is 6.92 Å². The van der Waals surface area contributed by atoms with Gasteiger partial charge in [-0.3, -0.25) is 4.79 Å². The zero-order valence-electron chi connectivity index (χ0n) is 11.9. The van der Waals surface area contributed by atoms with Crippen molar-refractivity contribution in [3.8, 4) is 0 Å². The summed E-state index contributed by atoms with van der Waals surface area (Å²) >= 11 is 0. The van der Waals surface area contributed by atoms with Crippen LogP contribution >= 0.6 is 0 Å². The topological polar surface area (TPSA) is 74.7 Å². The van der Waals surface area contributed by atoms with E-state index in [4.69, 9.17) is 5.11 Å². The number of nitrogens with zero attached hydrogens (tertiary/aromatic N) is 1. The van der Waals surface area contributed by atoms with Crippen LogP contribution in [0.2, 0.25) is 0 Å². The van der Waals surface area contributed by atoms with Crippen LogP contribution in [0, 0.1) is 18.7 Å². The molecule has 21 heavy (non-hydrogen) atoms. The van der Waals surface area contributed by atoms with Gasteiger partial charge < -0.3 is 5.11 Å². The highest BCUT2D eigenvalue weighted by Gasteiger charge is 2.40. The maximum absolute atomic E-state index is 14.1. The Kier molecular flexibility index (Phi) is 4.34. The third kappa shape index (κ3) is 2.80. The number of aliphatic carboxylic acids is 1. The number of hydrogen-bond donors (Lipinski definition) is 1. The van der Waals surface area contributed by atoms with Crippen molar-refractivity contribution in [1.29, 1.82) is 0 Å². The van der Waals surface area contributed by atoms with Gasteiger partial charge in [-0.25, -0.2) is 12.8 Å². The highest BCUT2D eigenvalue weighted by Crippen LogP contribution is 2.30. The van der Waals surface area contributed by atoms with Crippen LogP contribution < -0.4 is 0 Å². The summed E-state index contributed by atoms with van der Waals surface area (Å²) in [6.45, 7) is 3.26. The Labute approximate surface area is 123 Å². The van der Waals surface area contributed by atoms with E-state index in [0.29, 0.717) is 12.8 Å². The van der Waals surface area contributed by atoms with Crippen LogP contribution in [0.15, 0.2) is 23.1 Å². The molecular formula is C14H18FNO4S. The molecule has 0 unspecified atom stereocenters. The molecule has 1 fully saturated rings.